The molecule has 0 aliphatic heterocycles. The Labute approximate surface area is 133 Å². The molecule has 0 saturated carbocycles. The van der Waals surface area contributed by atoms with E-state index < -0.39 is 11.6 Å². The van der Waals surface area contributed by atoms with E-state index in [2.05, 4.69) is 16.9 Å². The molecule has 0 unspecified atom stereocenters. The van der Waals surface area contributed by atoms with Gasteiger partial charge in [-0.2, -0.15) is 0 Å². The number of halogens is 2. The molecule has 0 radical (unpaired) electrons. The molecule has 1 heterocycles. The third-order valence-electron chi connectivity index (χ3n) is 3.66. The number of nitrogens with zero attached hydrogens (tertiary/aromatic N) is 1. The average molecular weight is 316 g/mol. The highest BCUT2D eigenvalue weighted by molar-refractivity contribution is 5.79. The molecular weight excluding hydrogens is 298 g/mol. The summed E-state index contributed by atoms with van der Waals surface area (Å²) in [4.78, 5) is 7.41. The number of benzene rings is 2. The van der Waals surface area contributed by atoms with Crippen molar-refractivity contribution in [2.75, 3.05) is 6.61 Å². The summed E-state index contributed by atoms with van der Waals surface area (Å²) < 4.78 is 33.5. The molecule has 0 fully saturated rings. The van der Waals surface area contributed by atoms with Gasteiger partial charge in [0.2, 0.25) is 0 Å². The summed E-state index contributed by atoms with van der Waals surface area (Å²) in [5.41, 5.74) is 1.93. The van der Waals surface area contributed by atoms with Gasteiger partial charge in [-0.1, -0.05) is 31.9 Å². The van der Waals surface area contributed by atoms with E-state index >= 15 is 0 Å². The quantitative estimate of drug-likeness (QED) is 0.644. The minimum absolute atomic E-state index is 0.311. The van der Waals surface area contributed by atoms with E-state index in [1.54, 1.807) is 0 Å². The third kappa shape index (κ3) is 3.33. The minimum Gasteiger partial charge on any atom is -0.488 e. The standard InChI is InChI=1S/C18H18F2N2O/c1-2-3-6-9-23-17-13(19)10-12(11-14(17)20)18-21-15-7-4-5-8-16(15)22-18/h4-5,7-8,10-11H,2-3,6,9H2,1H3,(H,21,22). The lowest BCUT2D eigenvalue weighted by Crippen LogP contribution is -2.02. The fourth-order valence-electron chi connectivity index (χ4n) is 2.45. The van der Waals surface area contributed by atoms with Crippen molar-refractivity contribution >= 4 is 11.0 Å². The summed E-state index contributed by atoms with van der Waals surface area (Å²) in [5, 5.41) is 0. The fraction of sp³-hybridized carbons (Fsp3) is 0.278. The van der Waals surface area contributed by atoms with E-state index in [0.29, 0.717) is 18.0 Å². The van der Waals surface area contributed by atoms with E-state index in [1.807, 2.05) is 24.3 Å². The second kappa shape index (κ2) is 6.77. The number of fused-ring (bicyclic) bond motifs is 1. The molecule has 0 bridgehead atoms. The highest BCUT2D eigenvalue weighted by Crippen LogP contribution is 2.29. The van der Waals surface area contributed by atoms with Gasteiger partial charge in [0.1, 0.15) is 5.82 Å². The predicted molar refractivity (Wildman–Crippen MR) is 86.5 cm³/mol. The summed E-state index contributed by atoms with van der Waals surface area (Å²) in [6.07, 6.45) is 2.78. The van der Waals surface area contributed by atoms with Crippen LogP contribution in [0.4, 0.5) is 8.78 Å². The predicted octanol–water partition coefficient (Wildman–Crippen LogP) is 5.08. The molecule has 120 valence electrons. The number of imidazole rings is 1. The Morgan fingerprint density at radius 2 is 1.83 bits per heavy atom. The van der Waals surface area contributed by atoms with Gasteiger partial charge in [-0.15, -0.1) is 0 Å². The molecule has 3 nitrogen and oxygen atoms in total. The van der Waals surface area contributed by atoms with Crippen LogP contribution in [0.1, 0.15) is 26.2 Å². The molecule has 0 saturated heterocycles. The highest BCUT2D eigenvalue weighted by Gasteiger charge is 2.15. The Bertz CT molecular complexity index is 758. The lowest BCUT2D eigenvalue weighted by molar-refractivity contribution is 0.276. The largest absolute Gasteiger partial charge is 0.488 e. The second-order valence-electron chi connectivity index (χ2n) is 5.43. The summed E-state index contributed by atoms with van der Waals surface area (Å²) >= 11 is 0. The molecular formula is C18H18F2N2O. The zero-order valence-corrected chi connectivity index (χ0v) is 12.9. The molecule has 23 heavy (non-hydrogen) atoms. The van der Waals surface area contributed by atoms with Crippen molar-refractivity contribution in [3.63, 3.8) is 0 Å². The van der Waals surface area contributed by atoms with Crippen molar-refractivity contribution < 1.29 is 13.5 Å². The van der Waals surface area contributed by atoms with Crippen molar-refractivity contribution in [3.8, 4) is 17.1 Å². The van der Waals surface area contributed by atoms with Crippen LogP contribution in [0.15, 0.2) is 36.4 Å². The summed E-state index contributed by atoms with van der Waals surface area (Å²) in [5.74, 6) is -1.31. The van der Waals surface area contributed by atoms with Crippen LogP contribution in [0, 0.1) is 11.6 Å². The van der Waals surface area contributed by atoms with E-state index in [9.17, 15) is 8.78 Å². The molecule has 0 spiro atoms. The first-order valence-electron chi connectivity index (χ1n) is 7.76. The Morgan fingerprint density at radius 3 is 2.52 bits per heavy atom. The number of aromatic amines is 1. The number of hydrogen-bond donors (Lipinski definition) is 1. The first-order valence-corrected chi connectivity index (χ1v) is 7.76. The molecule has 3 rings (SSSR count). The Balaban J connectivity index is 1.86. The van der Waals surface area contributed by atoms with E-state index in [0.717, 1.165) is 30.3 Å². The zero-order chi connectivity index (χ0) is 16.2. The van der Waals surface area contributed by atoms with Gasteiger partial charge in [-0.05, 0) is 30.7 Å². The molecule has 5 heteroatoms. The first-order chi connectivity index (χ1) is 11.2. The van der Waals surface area contributed by atoms with Gasteiger partial charge in [-0.3, -0.25) is 0 Å². The number of unbranched alkanes of at least 4 members (excludes halogenated alkanes) is 2. The van der Waals surface area contributed by atoms with Gasteiger partial charge in [0.05, 0.1) is 17.6 Å². The van der Waals surface area contributed by atoms with Gasteiger partial charge in [-0.25, -0.2) is 13.8 Å². The molecule has 0 aliphatic rings. The van der Waals surface area contributed by atoms with Crippen LogP contribution in [-0.2, 0) is 0 Å². The topological polar surface area (TPSA) is 37.9 Å². The van der Waals surface area contributed by atoms with Crippen LogP contribution in [0.25, 0.3) is 22.4 Å². The van der Waals surface area contributed by atoms with Gasteiger partial charge in [0.15, 0.2) is 17.4 Å². The molecule has 3 aromatic rings. The normalized spacial score (nSPS) is 11.1. The van der Waals surface area contributed by atoms with Crippen molar-refractivity contribution in [1.29, 1.82) is 0 Å². The van der Waals surface area contributed by atoms with Crippen LogP contribution in [-0.4, -0.2) is 16.6 Å². The number of H-pyrrole nitrogens is 1. The SMILES string of the molecule is CCCCCOc1c(F)cc(-c2nc3ccccc3[nH]2)cc1F. The van der Waals surface area contributed by atoms with Crippen LogP contribution in [0.5, 0.6) is 5.75 Å². The van der Waals surface area contributed by atoms with Crippen molar-refractivity contribution in [2.45, 2.75) is 26.2 Å². The van der Waals surface area contributed by atoms with E-state index in [-0.39, 0.29) is 5.75 Å². The number of nitrogens with one attached hydrogen (secondary N) is 1. The second-order valence-corrected chi connectivity index (χ2v) is 5.43. The molecule has 1 aromatic heterocycles. The van der Waals surface area contributed by atoms with Gasteiger partial charge in [0, 0.05) is 5.56 Å². The Morgan fingerprint density at radius 1 is 1.09 bits per heavy atom. The summed E-state index contributed by atoms with van der Waals surface area (Å²) in [7, 11) is 0. The monoisotopic (exact) mass is 316 g/mol. The lowest BCUT2D eigenvalue weighted by atomic mass is 10.2. The van der Waals surface area contributed by atoms with Crippen molar-refractivity contribution in [2.24, 2.45) is 0 Å². The van der Waals surface area contributed by atoms with Crippen molar-refractivity contribution in [3.05, 3.63) is 48.0 Å². The Hall–Kier alpha value is -2.43. The number of aromatic nitrogens is 2. The van der Waals surface area contributed by atoms with Crippen LogP contribution in [0.3, 0.4) is 0 Å². The van der Waals surface area contributed by atoms with Crippen LogP contribution < -0.4 is 4.74 Å². The lowest BCUT2D eigenvalue weighted by Gasteiger charge is -2.09. The molecule has 0 atom stereocenters. The summed E-state index contributed by atoms with van der Waals surface area (Å²) in [6.45, 7) is 2.37. The molecule has 2 aromatic carbocycles. The zero-order valence-electron chi connectivity index (χ0n) is 12.9. The van der Waals surface area contributed by atoms with Gasteiger partial charge >= 0.3 is 0 Å². The van der Waals surface area contributed by atoms with E-state index in [4.69, 9.17) is 4.74 Å². The summed E-state index contributed by atoms with van der Waals surface area (Å²) in [6, 6.07) is 9.93. The van der Waals surface area contributed by atoms with Crippen LogP contribution >= 0.6 is 0 Å². The molecule has 0 aliphatic carbocycles. The average Bonchev–Trinajstić information content (AvgIpc) is 2.97. The maximum atomic E-state index is 14.2. The smallest absolute Gasteiger partial charge is 0.190 e. The third-order valence-corrected chi connectivity index (χ3v) is 3.66. The number of ether oxygens (including phenoxy) is 1. The minimum atomic E-state index is -0.711. The first kappa shape index (κ1) is 15.5. The molecule has 1 N–H and O–H groups in total. The maximum absolute atomic E-state index is 14.2. The number of rotatable bonds is 6. The number of hydrogen-bond acceptors (Lipinski definition) is 2. The number of para-hydroxylation sites is 2. The Kier molecular flexibility index (Phi) is 4.55. The van der Waals surface area contributed by atoms with E-state index in [1.165, 1.54) is 12.1 Å². The van der Waals surface area contributed by atoms with Crippen LogP contribution in [0.2, 0.25) is 0 Å². The van der Waals surface area contributed by atoms with Gasteiger partial charge < -0.3 is 9.72 Å². The van der Waals surface area contributed by atoms with Crippen molar-refractivity contribution in [1.82, 2.24) is 9.97 Å². The maximum Gasteiger partial charge on any atom is 0.190 e. The molecule has 0 amide bonds. The van der Waals surface area contributed by atoms with Gasteiger partial charge in [0.25, 0.3) is 0 Å². The fourth-order valence-corrected chi connectivity index (χ4v) is 2.45. The highest BCUT2D eigenvalue weighted by atomic mass is 19.1.